The van der Waals surface area contributed by atoms with Crippen molar-refractivity contribution in [3.05, 3.63) is 53.6 Å². The van der Waals surface area contributed by atoms with E-state index in [1.165, 1.54) is 14.2 Å². The van der Waals surface area contributed by atoms with Crippen molar-refractivity contribution in [3.8, 4) is 17.2 Å². The monoisotopic (exact) mass is 384 g/mol. The molecule has 0 radical (unpaired) electrons. The number of carbonyl (C=O) groups is 2. The zero-order valence-electron chi connectivity index (χ0n) is 16.3. The number of hydrogen-bond acceptors (Lipinski definition) is 5. The van der Waals surface area contributed by atoms with Gasteiger partial charge in [-0.05, 0) is 36.4 Å². The van der Waals surface area contributed by atoms with Gasteiger partial charge in [-0.1, -0.05) is 6.07 Å². The molecule has 0 unspecified atom stereocenters. The Morgan fingerprint density at radius 1 is 0.714 bits per heavy atom. The first-order valence-electron chi connectivity index (χ1n) is 9.02. The maximum atomic E-state index is 13.0. The van der Waals surface area contributed by atoms with Crippen LogP contribution in [-0.2, 0) is 0 Å². The molecule has 0 saturated carbocycles. The summed E-state index contributed by atoms with van der Waals surface area (Å²) in [5, 5.41) is 0. The summed E-state index contributed by atoms with van der Waals surface area (Å²) >= 11 is 0. The Morgan fingerprint density at radius 3 is 1.68 bits per heavy atom. The van der Waals surface area contributed by atoms with Gasteiger partial charge in [0, 0.05) is 31.7 Å². The molecule has 2 aromatic rings. The number of rotatable bonds is 5. The van der Waals surface area contributed by atoms with Crippen LogP contribution in [0, 0.1) is 0 Å². The molecule has 1 fully saturated rings. The van der Waals surface area contributed by atoms with E-state index in [9.17, 15) is 9.59 Å². The average molecular weight is 384 g/mol. The van der Waals surface area contributed by atoms with Crippen molar-refractivity contribution < 1.29 is 23.8 Å². The molecule has 0 bridgehead atoms. The second-order valence-corrected chi connectivity index (χ2v) is 6.35. The molecule has 1 saturated heterocycles. The smallest absolute Gasteiger partial charge is 0.261 e. The van der Waals surface area contributed by atoms with Gasteiger partial charge >= 0.3 is 0 Å². The van der Waals surface area contributed by atoms with Gasteiger partial charge in [0.1, 0.15) is 22.8 Å². The normalized spacial score (nSPS) is 13.8. The van der Waals surface area contributed by atoms with Gasteiger partial charge in [-0.3, -0.25) is 9.59 Å². The van der Waals surface area contributed by atoms with Crippen molar-refractivity contribution in [2.75, 3.05) is 47.5 Å². The van der Waals surface area contributed by atoms with Crippen LogP contribution in [0.25, 0.3) is 0 Å². The van der Waals surface area contributed by atoms with Crippen LogP contribution in [0.1, 0.15) is 20.7 Å². The topological polar surface area (TPSA) is 68.3 Å². The molecule has 1 aliphatic heterocycles. The summed E-state index contributed by atoms with van der Waals surface area (Å²) in [4.78, 5) is 29.2. The van der Waals surface area contributed by atoms with Gasteiger partial charge in [0.2, 0.25) is 0 Å². The van der Waals surface area contributed by atoms with Crippen LogP contribution in [0.3, 0.4) is 0 Å². The first-order chi connectivity index (χ1) is 13.6. The first kappa shape index (κ1) is 19.5. The molecule has 0 N–H and O–H groups in total. The fraction of sp³-hybridized carbons (Fsp3) is 0.333. The molecule has 3 rings (SSSR count). The Balaban J connectivity index is 1.68. The number of benzene rings is 2. The van der Waals surface area contributed by atoms with E-state index in [0.29, 0.717) is 54.6 Å². The van der Waals surface area contributed by atoms with E-state index in [1.54, 1.807) is 59.4 Å². The Labute approximate surface area is 164 Å². The number of piperazine rings is 1. The molecule has 148 valence electrons. The third-order valence-corrected chi connectivity index (χ3v) is 4.83. The minimum atomic E-state index is -0.161. The van der Waals surface area contributed by atoms with E-state index in [-0.39, 0.29) is 11.8 Å². The first-order valence-corrected chi connectivity index (χ1v) is 9.02. The predicted octanol–water partition coefficient (Wildman–Crippen LogP) is 2.31. The van der Waals surface area contributed by atoms with Gasteiger partial charge in [-0.15, -0.1) is 0 Å². The maximum Gasteiger partial charge on any atom is 0.261 e. The zero-order chi connectivity index (χ0) is 20.1. The van der Waals surface area contributed by atoms with E-state index in [0.717, 1.165) is 0 Å². The van der Waals surface area contributed by atoms with Crippen molar-refractivity contribution in [2.45, 2.75) is 0 Å². The highest BCUT2D eigenvalue weighted by Gasteiger charge is 2.28. The van der Waals surface area contributed by atoms with Gasteiger partial charge in [0.05, 0.1) is 21.3 Å². The van der Waals surface area contributed by atoms with Gasteiger partial charge in [0.15, 0.2) is 0 Å². The highest BCUT2D eigenvalue weighted by Crippen LogP contribution is 2.30. The van der Waals surface area contributed by atoms with Crippen LogP contribution in [0.5, 0.6) is 17.2 Å². The van der Waals surface area contributed by atoms with Crippen molar-refractivity contribution in [1.29, 1.82) is 0 Å². The molecule has 0 aromatic heterocycles. The molecule has 2 aromatic carbocycles. The summed E-state index contributed by atoms with van der Waals surface area (Å²) < 4.78 is 15.8. The van der Waals surface area contributed by atoms with E-state index in [2.05, 4.69) is 0 Å². The maximum absolute atomic E-state index is 13.0. The predicted molar refractivity (Wildman–Crippen MR) is 104 cm³/mol. The van der Waals surface area contributed by atoms with E-state index >= 15 is 0 Å². The molecule has 28 heavy (non-hydrogen) atoms. The van der Waals surface area contributed by atoms with Gasteiger partial charge in [-0.2, -0.15) is 0 Å². The van der Waals surface area contributed by atoms with Crippen LogP contribution in [0.2, 0.25) is 0 Å². The van der Waals surface area contributed by atoms with Crippen LogP contribution in [0.15, 0.2) is 42.5 Å². The summed E-state index contributed by atoms with van der Waals surface area (Å²) in [6.07, 6.45) is 0. The minimum Gasteiger partial charge on any atom is -0.497 e. The van der Waals surface area contributed by atoms with Crippen molar-refractivity contribution >= 4 is 11.8 Å². The molecular formula is C21H24N2O5. The summed E-state index contributed by atoms with van der Waals surface area (Å²) in [5.74, 6) is 1.44. The number of methoxy groups -OCH3 is 3. The number of hydrogen-bond donors (Lipinski definition) is 0. The second kappa shape index (κ2) is 8.65. The number of ether oxygens (including phenoxy) is 3. The van der Waals surface area contributed by atoms with Crippen LogP contribution in [-0.4, -0.2) is 69.1 Å². The Morgan fingerprint density at radius 2 is 1.21 bits per heavy atom. The fourth-order valence-electron chi connectivity index (χ4n) is 3.25. The van der Waals surface area contributed by atoms with Gasteiger partial charge in [0.25, 0.3) is 11.8 Å². The van der Waals surface area contributed by atoms with Gasteiger partial charge in [-0.25, -0.2) is 0 Å². The number of amides is 2. The van der Waals surface area contributed by atoms with Crippen molar-refractivity contribution in [2.24, 2.45) is 0 Å². The van der Waals surface area contributed by atoms with Crippen LogP contribution in [0.4, 0.5) is 0 Å². The Bertz CT molecular complexity index is 820. The highest BCUT2D eigenvalue weighted by atomic mass is 16.5. The molecule has 2 amide bonds. The summed E-state index contributed by atoms with van der Waals surface area (Å²) in [7, 11) is 4.64. The Kier molecular flexibility index (Phi) is 6.03. The highest BCUT2D eigenvalue weighted by molar-refractivity contribution is 6.00. The van der Waals surface area contributed by atoms with Crippen LogP contribution < -0.4 is 14.2 Å². The van der Waals surface area contributed by atoms with Crippen LogP contribution >= 0.6 is 0 Å². The second-order valence-electron chi connectivity index (χ2n) is 6.35. The molecule has 1 heterocycles. The fourth-order valence-corrected chi connectivity index (χ4v) is 3.25. The molecule has 7 heteroatoms. The lowest BCUT2D eigenvalue weighted by Gasteiger charge is -2.35. The largest absolute Gasteiger partial charge is 0.497 e. The molecule has 0 spiro atoms. The summed E-state index contributed by atoms with van der Waals surface area (Å²) in [5.41, 5.74) is 1.01. The standard InChI is InChI=1S/C21H24N2O5/c1-26-16-9-7-15(8-10-16)20(24)22-11-13-23(14-12-22)21(25)19-17(27-2)5-4-6-18(19)28-3/h4-10H,11-14H2,1-3H3. The lowest BCUT2D eigenvalue weighted by molar-refractivity contribution is 0.0531. The molecule has 1 aliphatic rings. The zero-order valence-corrected chi connectivity index (χ0v) is 16.3. The number of carbonyl (C=O) groups excluding carboxylic acids is 2. The van der Waals surface area contributed by atoms with Crippen molar-refractivity contribution in [1.82, 2.24) is 9.80 Å². The van der Waals surface area contributed by atoms with E-state index in [4.69, 9.17) is 14.2 Å². The van der Waals surface area contributed by atoms with Gasteiger partial charge < -0.3 is 24.0 Å². The quantitative estimate of drug-likeness (QED) is 0.791. The molecule has 0 atom stereocenters. The molecule has 0 aliphatic carbocycles. The van der Waals surface area contributed by atoms with Crippen molar-refractivity contribution in [3.63, 3.8) is 0 Å². The third-order valence-electron chi connectivity index (χ3n) is 4.83. The minimum absolute atomic E-state index is 0.0513. The molecular weight excluding hydrogens is 360 g/mol. The lowest BCUT2D eigenvalue weighted by Crippen LogP contribution is -2.50. The lowest BCUT2D eigenvalue weighted by atomic mass is 10.1. The Hall–Kier alpha value is -3.22. The van der Waals surface area contributed by atoms with E-state index < -0.39 is 0 Å². The average Bonchev–Trinajstić information content (AvgIpc) is 2.77. The third kappa shape index (κ3) is 3.88. The SMILES string of the molecule is COc1ccc(C(=O)N2CCN(C(=O)c3c(OC)cccc3OC)CC2)cc1. The number of nitrogens with zero attached hydrogens (tertiary/aromatic N) is 2. The van der Waals surface area contributed by atoms with E-state index in [1.807, 2.05) is 0 Å². The summed E-state index contributed by atoms with van der Waals surface area (Å²) in [6, 6.07) is 12.3. The summed E-state index contributed by atoms with van der Waals surface area (Å²) in [6.45, 7) is 1.83. The molecule has 7 nitrogen and oxygen atoms in total.